The number of nitrogens with one attached hydrogen (secondary N) is 1. The fourth-order valence-corrected chi connectivity index (χ4v) is 2.77. The van der Waals surface area contributed by atoms with Crippen molar-refractivity contribution < 1.29 is 4.74 Å². The standard InChI is InChI=1S/C14H14Br2N2O/c1-19-12-4-2-10(3-5-12)7-17-9-14-13(16)6-11(15)8-18-14/h2-6,8,17H,7,9H2,1H3. The fourth-order valence-electron chi connectivity index (χ4n) is 1.64. The minimum Gasteiger partial charge on any atom is -0.497 e. The van der Waals surface area contributed by atoms with Crippen LogP contribution in [-0.4, -0.2) is 12.1 Å². The molecule has 0 spiro atoms. The molecule has 0 aliphatic heterocycles. The molecule has 0 aliphatic carbocycles. The van der Waals surface area contributed by atoms with Crippen molar-refractivity contribution in [2.24, 2.45) is 0 Å². The maximum absolute atomic E-state index is 5.13. The van der Waals surface area contributed by atoms with Crippen LogP contribution in [-0.2, 0) is 13.1 Å². The second-order valence-corrected chi connectivity index (χ2v) is 5.80. The lowest BCUT2D eigenvalue weighted by atomic mass is 10.2. The van der Waals surface area contributed by atoms with Crippen LogP contribution in [0.2, 0.25) is 0 Å². The average molecular weight is 386 g/mol. The summed E-state index contributed by atoms with van der Waals surface area (Å²) >= 11 is 6.89. The summed E-state index contributed by atoms with van der Waals surface area (Å²) in [6.07, 6.45) is 1.80. The van der Waals surface area contributed by atoms with Crippen LogP contribution < -0.4 is 10.1 Å². The Labute approximate surface area is 129 Å². The quantitative estimate of drug-likeness (QED) is 0.847. The van der Waals surface area contributed by atoms with E-state index in [0.717, 1.165) is 33.5 Å². The number of benzene rings is 1. The van der Waals surface area contributed by atoms with E-state index in [-0.39, 0.29) is 0 Å². The van der Waals surface area contributed by atoms with Gasteiger partial charge >= 0.3 is 0 Å². The second kappa shape index (κ2) is 7.03. The van der Waals surface area contributed by atoms with E-state index in [0.29, 0.717) is 0 Å². The Balaban J connectivity index is 1.88. The van der Waals surface area contributed by atoms with E-state index in [1.54, 1.807) is 13.3 Å². The fraction of sp³-hybridized carbons (Fsp3) is 0.214. The summed E-state index contributed by atoms with van der Waals surface area (Å²) in [4.78, 5) is 4.36. The lowest BCUT2D eigenvalue weighted by Gasteiger charge is -2.07. The highest BCUT2D eigenvalue weighted by atomic mass is 79.9. The molecule has 100 valence electrons. The molecule has 0 fully saturated rings. The molecule has 0 radical (unpaired) electrons. The van der Waals surface area contributed by atoms with Gasteiger partial charge in [0.1, 0.15) is 5.75 Å². The van der Waals surface area contributed by atoms with Crippen molar-refractivity contribution in [1.29, 1.82) is 0 Å². The highest BCUT2D eigenvalue weighted by Crippen LogP contribution is 2.19. The van der Waals surface area contributed by atoms with Gasteiger partial charge in [0.05, 0.1) is 12.8 Å². The molecule has 0 atom stereocenters. The SMILES string of the molecule is COc1ccc(CNCc2ncc(Br)cc2Br)cc1. The molecule has 1 heterocycles. The van der Waals surface area contributed by atoms with Gasteiger partial charge in [-0.2, -0.15) is 0 Å². The zero-order chi connectivity index (χ0) is 13.7. The number of nitrogens with zero attached hydrogens (tertiary/aromatic N) is 1. The third kappa shape index (κ3) is 4.30. The van der Waals surface area contributed by atoms with Crippen molar-refractivity contribution in [2.75, 3.05) is 7.11 Å². The molecular weight excluding hydrogens is 372 g/mol. The van der Waals surface area contributed by atoms with E-state index < -0.39 is 0 Å². The first-order chi connectivity index (χ1) is 9.19. The van der Waals surface area contributed by atoms with Crippen molar-refractivity contribution in [1.82, 2.24) is 10.3 Å². The van der Waals surface area contributed by atoms with E-state index in [1.807, 2.05) is 18.2 Å². The molecule has 2 aromatic rings. The predicted octanol–water partition coefficient (Wildman–Crippen LogP) is 3.91. The Morgan fingerprint density at radius 1 is 1.16 bits per heavy atom. The first-order valence-corrected chi connectivity index (χ1v) is 7.41. The van der Waals surface area contributed by atoms with Crippen LogP contribution >= 0.6 is 31.9 Å². The number of rotatable bonds is 5. The number of pyridine rings is 1. The van der Waals surface area contributed by atoms with Crippen molar-refractivity contribution in [3.8, 4) is 5.75 Å². The number of ether oxygens (including phenoxy) is 1. The molecule has 2 rings (SSSR count). The molecule has 3 nitrogen and oxygen atoms in total. The summed E-state index contributed by atoms with van der Waals surface area (Å²) in [5, 5.41) is 3.37. The third-order valence-electron chi connectivity index (χ3n) is 2.66. The maximum atomic E-state index is 5.13. The number of aromatic nitrogens is 1. The summed E-state index contributed by atoms with van der Waals surface area (Å²) in [5.74, 6) is 0.876. The Kier molecular flexibility index (Phi) is 5.36. The predicted molar refractivity (Wildman–Crippen MR) is 83.2 cm³/mol. The molecular formula is C14H14Br2N2O. The van der Waals surface area contributed by atoms with Gasteiger partial charge in [0.2, 0.25) is 0 Å². The van der Waals surface area contributed by atoms with E-state index in [1.165, 1.54) is 5.56 Å². The van der Waals surface area contributed by atoms with E-state index in [9.17, 15) is 0 Å². The Bertz CT molecular complexity index is 544. The maximum Gasteiger partial charge on any atom is 0.118 e. The van der Waals surface area contributed by atoms with Gasteiger partial charge in [-0.05, 0) is 55.6 Å². The van der Waals surface area contributed by atoms with Crippen LogP contribution in [0.15, 0.2) is 45.5 Å². The van der Waals surface area contributed by atoms with Crippen LogP contribution in [0.1, 0.15) is 11.3 Å². The van der Waals surface area contributed by atoms with Crippen LogP contribution in [0.4, 0.5) is 0 Å². The van der Waals surface area contributed by atoms with Gasteiger partial charge in [0.15, 0.2) is 0 Å². The average Bonchev–Trinajstić information content (AvgIpc) is 2.42. The van der Waals surface area contributed by atoms with Gasteiger partial charge in [-0.1, -0.05) is 12.1 Å². The molecule has 1 aromatic heterocycles. The topological polar surface area (TPSA) is 34.1 Å². The number of hydrogen-bond acceptors (Lipinski definition) is 3. The first kappa shape index (κ1) is 14.5. The highest BCUT2D eigenvalue weighted by molar-refractivity contribution is 9.11. The van der Waals surface area contributed by atoms with Gasteiger partial charge in [-0.3, -0.25) is 4.98 Å². The molecule has 5 heteroatoms. The van der Waals surface area contributed by atoms with Crippen LogP contribution in [0, 0.1) is 0 Å². The zero-order valence-electron chi connectivity index (χ0n) is 10.5. The number of hydrogen-bond donors (Lipinski definition) is 1. The Morgan fingerprint density at radius 3 is 2.53 bits per heavy atom. The van der Waals surface area contributed by atoms with Crippen molar-refractivity contribution in [2.45, 2.75) is 13.1 Å². The van der Waals surface area contributed by atoms with Gasteiger partial charge < -0.3 is 10.1 Å². The Hall–Kier alpha value is -0.910. The summed E-state index contributed by atoms with van der Waals surface area (Å²) in [6, 6.07) is 10.0. The number of halogens is 2. The molecule has 0 amide bonds. The van der Waals surface area contributed by atoms with E-state index in [2.05, 4.69) is 54.3 Å². The van der Waals surface area contributed by atoms with Gasteiger partial charge in [0, 0.05) is 28.2 Å². The minimum absolute atomic E-state index is 0.722. The molecule has 0 saturated heterocycles. The molecule has 1 N–H and O–H groups in total. The molecule has 0 unspecified atom stereocenters. The Morgan fingerprint density at radius 2 is 1.89 bits per heavy atom. The van der Waals surface area contributed by atoms with Crippen LogP contribution in [0.25, 0.3) is 0 Å². The summed E-state index contributed by atoms with van der Waals surface area (Å²) in [7, 11) is 1.67. The summed E-state index contributed by atoms with van der Waals surface area (Å²) < 4.78 is 7.10. The largest absolute Gasteiger partial charge is 0.497 e. The van der Waals surface area contributed by atoms with Gasteiger partial charge in [-0.25, -0.2) is 0 Å². The summed E-state index contributed by atoms with van der Waals surface area (Å²) in [6.45, 7) is 1.52. The summed E-state index contributed by atoms with van der Waals surface area (Å²) in [5.41, 5.74) is 2.21. The van der Waals surface area contributed by atoms with Gasteiger partial charge in [-0.15, -0.1) is 0 Å². The molecule has 0 bridgehead atoms. The van der Waals surface area contributed by atoms with Crippen molar-refractivity contribution >= 4 is 31.9 Å². The van der Waals surface area contributed by atoms with Crippen LogP contribution in [0.3, 0.4) is 0 Å². The third-order valence-corrected chi connectivity index (χ3v) is 3.78. The molecule has 19 heavy (non-hydrogen) atoms. The van der Waals surface area contributed by atoms with E-state index in [4.69, 9.17) is 4.74 Å². The first-order valence-electron chi connectivity index (χ1n) is 5.82. The highest BCUT2D eigenvalue weighted by Gasteiger charge is 2.02. The molecule has 0 saturated carbocycles. The van der Waals surface area contributed by atoms with Crippen molar-refractivity contribution in [3.63, 3.8) is 0 Å². The zero-order valence-corrected chi connectivity index (χ0v) is 13.7. The lowest BCUT2D eigenvalue weighted by Crippen LogP contribution is -2.14. The van der Waals surface area contributed by atoms with Crippen molar-refractivity contribution in [3.05, 3.63) is 56.7 Å². The minimum atomic E-state index is 0.722. The van der Waals surface area contributed by atoms with E-state index >= 15 is 0 Å². The molecule has 1 aromatic carbocycles. The monoisotopic (exact) mass is 384 g/mol. The second-order valence-electron chi connectivity index (χ2n) is 4.03. The molecule has 0 aliphatic rings. The van der Waals surface area contributed by atoms with Crippen LogP contribution in [0.5, 0.6) is 5.75 Å². The van der Waals surface area contributed by atoms with Gasteiger partial charge in [0.25, 0.3) is 0 Å². The normalized spacial score (nSPS) is 10.5. The lowest BCUT2D eigenvalue weighted by molar-refractivity contribution is 0.414. The number of methoxy groups -OCH3 is 1. The smallest absolute Gasteiger partial charge is 0.118 e.